The van der Waals surface area contributed by atoms with E-state index in [0.29, 0.717) is 6.04 Å². The van der Waals surface area contributed by atoms with Gasteiger partial charge in [-0.25, -0.2) is 0 Å². The Bertz CT molecular complexity index is 319. The molecule has 0 atom stereocenters. The Kier molecular flexibility index (Phi) is 2.95. The maximum atomic E-state index is 12.4. The zero-order chi connectivity index (χ0) is 12.9. The van der Waals surface area contributed by atoms with Gasteiger partial charge in [0, 0.05) is 11.5 Å². The van der Waals surface area contributed by atoms with Gasteiger partial charge in [-0.3, -0.25) is 4.79 Å². The number of nitrogens with one attached hydrogen (secondary N) is 1. The predicted octanol–water partition coefficient (Wildman–Crippen LogP) is 3.36. The molecule has 0 saturated heterocycles. The van der Waals surface area contributed by atoms with Crippen molar-refractivity contribution in [2.45, 2.75) is 65.3 Å². The summed E-state index contributed by atoms with van der Waals surface area (Å²) in [5.74, 6) is 3.83. The number of hydrogen-bond donors (Lipinski definition) is 1. The molecule has 1 N–H and O–H groups in total. The quantitative estimate of drug-likeness (QED) is 0.816. The lowest BCUT2D eigenvalue weighted by molar-refractivity contribution is -0.133. The molecule has 4 aliphatic carbocycles. The van der Waals surface area contributed by atoms with Crippen LogP contribution in [0.5, 0.6) is 0 Å². The minimum atomic E-state index is -0.200. The molecule has 0 aromatic heterocycles. The van der Waals surface area contributed by atoms with Crippen LogP contribution in [-0.4, -0.2) is 11.9 Å². The Morgan fingerprint density at radius 3 is 2.00 bits per heavy atom. The van der Waals surface area contributed by atoms with E-state index in [0.717, 1.165) is 30.1 Å². The monoisotopic (exact) mass is 249 g/mol. The van der Waals surface area contributed by atoms with Crippen LogP contribution in [0.1, 0.15) is 59.3 Å². The molecule has 4 aliphatic rings. The van der Waals surface area contributed by atoms with Crippen molar-refractivity contribution in [3.8, 4) is 0 Å². The first kappa shape index (κ1) is 12.5. The van der Waals surface area contributed by atoms with E-state index in [9.17, 15) is 4.79 Å². The van der Waals surface area contributed by atoms with Gasteiger partial charge in [0.05, 0.1) is 0 Å². The number of rotatable bonds is 3. The molecule has 2 nitrogen and oxygen atoms in total. The van der Waals surface area contributed by atoms with Crippen molar-refractivity contribution in [2.75, 3.05) is 0 Å². The maximum absolute atomic E-state index is 12.4. The van der Waals surface area contributed by atoms with Crippen molar-refractivity contribution < 1.29 is 4.79 Å². The highest BCUT2D eigenvalue weighted by atomic mass is 16.2. The molecule has 0 heterocycles. The van der Waals surface area contributed by atoms with Crippen LogP contribution in [0.3, 0.4) is 0 Å². The van der Waals surface area contributed by atoms with Crippen molar-refractivity contribution in [3.05, 3.63) is 0 Å². The fourth-order valence-corrected chi connectivity index (χ4v) is 4.67. The largest absolute Gasteiger partial charge is 0.352 e. The number of carbonyl (C=O) groups excluding carboxylic acids is 1. The number of hydrogen-bond acceptors (Lipinski definition) is 1. The van der Waals surface area contributed by atoms with Crippen LogP contribution in [0.2, 0.25) is 0 Å². The second-order valence-electron chi connectivity index (χ2n) is 7.67. The van der Waals surface area contributed by atoms with Gasteiger partial charge >= 0.3 is 0 Å². The summed E-state index contributed by atoms with van der Waals surface area (Å²) >= 11 is 0. The molecule has 4 saturated carbocycles. The van der Waals surface area contributed by atoms with Gasteiger partial charge in [-0.1, -0.05) is 20.8 Å². The summed E-state index contributed by atoms with van der Waals surface area (Å²) < 4.78 is 0. The second kappa shape index (κ2) is 4.25. The van der Waals surface area contributed by atoms with E-state index in [2.05, 4.69) is 26.1 Å². The smallest absolute Gasteiger partial charge is 0.225 e. The van der Waals surface area contributed by atoms with Gasteiger partial charge in [0.1, 0.15) is 0 Å². The summed E-state index contributed by atoms with van der Waals surface area (Å²) in [5.41, 5.74) is -0.200. The van der Waals surface area contributed by atoms with E-state index in [1.807, 2.05) is 0 Å². The first-order valence-electron chi connectivity index (χ1n) is 7.80. The summed E-state index contributed by atoms with van der Waals surface area (Å²) in [6, 6.07) is 0.496. The third-order valence-corrected chi connectivity index (χ3v) is 6.02. The Labute approximate surface area is 111 Å². The standard InChI is InChI=1S/C16H27NO/c1-4-16(2,3)15(18)17-14-12-6-10-5-11(8-12)9-13(14)7-10/h10-14H,4-9H2,1-3H3,(H,17,18). The molecular weight excluding hydrogens is 222 g/mol. The van der Waals surface area contributed by atoms with Crippen LogP contribution in [0.15, 0.2) is 0 Å². The van der Waals surface area contributed by atoms with Crippen molar-refractivity contribution >= 4 is 5.91 Å². The molecule has 0 aromatic rings. The molecule has 0 spiro atoms. The molecule has 4 rings (SSSR count). The molecule has 0 aromatic carbocycles. The fourth-order valence-electron chi connectivity index (χ4n) is 4.67. The highest BCUT2D eigenvalue weighted by Gasteiger charge is 2.49. The first-order valence-corrected chi connectivity index (χ1v) is 7.80. The van der Waals surface area contributed by atoms with Gasteiger partial charge in [-0.05, 0) is 62.2 Å². The normalized spacial score (nSPS) is 42.1. The molecular formula is C16H27NO. The van der Waals surface area contributed by atoms with E-state index in [-0.39, 0.29) is 11.3 Å². The van der Waals surface area contributed by atoms with Crippen molar-refractivity contribution in [2.24, 2.45) is 29.1 Å². The summed E-state index contributed by atoms with van der Waals surface area (Å²) in [5, 5.41) is 3.41. The Morgan fingerprint density at radius 2 is 1.56 bits per heavy atom. The lowest BCUT2D eigenvalue weighted by Gasteiger charge is -2.54. The molecule has 4 fully saturated rings. The van der Waals surface area contributed by atoms with Crippen LogP contribution < -0.4 is 5.32 Å². The van der Waals surface area contributed by atoms with Crippen LogP contribution in [0, 0.1) is 29.1 Å². The van der Waals surface area contributed by atoms with E-state index < -0.39 is 0 Å². The average molecular weight is 249 g/mol. The summed E-state index contributed by atoms with van der Waals surface area (Å²) in [6.07, 6.45) is 7.92. The van der Waals surface area contributed by atoms with Gasteiger partial charge in [0.15, 0.2) is 0 Å². The third kappa shape index (κ3) is 1.98. The summed E-state index contributed by atoms with van der Waals surface area (Å²) in [6.45, 7) is 6.24. The molecule has 102 valence electrons. The zero-order valence-corrected chi connectivity index (χ0v) is 12.0. The van der Waals surface area contributed by atoms with E-state index in [1.165, 1.54) is 32.1 Å². The lowest BCUT2D eigenvalue weighted by atomic mass is 9.54. The average Bonchev–Trinajstić information content (AvgIpc) is 2.32. The molecule has 2 heteroatoms. The Balaban J connectivity index is 1.69. The lowest BCUT2D eigenvalue weighted by Crippen LogP contribution is -2.57. The van der Waals surface area contributed by atoms with Crippen molar-refractivity contribution in [1.29, 1.82) is 0 Å². The van der Waals surface area contributed by atoms with Gasteiger partial charge in [0.2, 0.25) is 5.91 Å². The highest BCUT2D eigenvalue weighted by Crippen LogP contribution is 2.53. The molecule has 1 amide bonds. The topological polar surface area (TPSA) is 29.1 Å². The zero-order valence-electron chi connectivity index (χ0n) is 12.0. The van der Waals surface area contributed by atoms with Crippen LogP contribution >= 0.6 is 0 Å². The van der Waals surface area contributed by atoms with E-state index in [4.69, 9.17) is 0 Å². The maximum Gasteiger partial charge on any atom is 0.225 e. The van der Waals surface area contributed by atoms with E-state index in [1.54, 1.807) is 0 Å². The van der Waals surface area contributed by atoms with Gasteiger partial charge in [0.25, 0.3) is 0 Å². The van der Waals surface area contributed by atoms with E-state index >= 15 is 0 Å². The van der Waals surface area contributed by atoms with Crippen LogP contribution in [0.25, 0.3) is 0 Å². The predicted molar refractivity (Wildman–Crippen MR) is 73.0 cm³/mol. The molecule has 18 heavy (non-hydrogen) atoms. The van der Waals surface area contributed by atoms with Gasteiger partial charge in [-0.15, -0.1) is 0 Å². The fraction of sp³-hybridized carbons (Fsp3) is 0.938. The van der Waals surface area contributed by atoms with Crippen LogP contribution in [0.4, 0.5) is 0 Å². The number of carbonyl (C=O) groups is 1. The molecule has 0 unspecified atom stereocenters. The first-order chi connectivity index (χ1) is 8.49. The second-order valence-corrected chi connectivity index (χ2v) is 7.67. The number of amides is 1. The van der Waals surface area contributed by atoms with Crippen molar-refractivity contribution in [1.82, 2.24) is 5.32 Å². The van der Waals surface area contributed by atoms with Gasteiger partial charge < -0.3 is 5.32 Å². The summed E-state index contributed by atoms with van der Waals surface area (Å²) in [7, 11) is 0. The Morgan fingerprint density at radius 1 is 1.06 bits per heavy atom. The minimum Gasteiger partial charge on any atom is -0.352 e. The highest BCUT2D eigenvalue weighted by molar-refractivity contribution is 5.82. The third-order valence-electron chi connectivity index (χ3n) is 6.02. The minimum absolute atomic E-state index is 0.200. The van der Waals surface area contributed by atoms with Gasteiger partial charge in [-0.2, -0.15) is 0 Å². The van der Waals surface area contributed by atoms with Crippen molar-refractivity contribution in [3.63, 3.8) is 0 Å². The SMILES string of the molecule is CCC(C)(C)C(=O)NC1C2CC3CC(C2)CC1C3. The molecule has 0 radical (unpaired) electrons. The summed E-state index contributed by atoms with van der Waals surface area (Å²) in [4.78, 5) is 12.4. The molecule has 4 bridgehead atoms. The van der Waals surface area contributed by atoms with Crippen LogP contribution in [-0.2, 0) is 4.79 Å². The molecule has 0 aliphatic heterocycles. The Hall–Kier alpha value is -0.530.